The summed E-state index contributed by atoms with van der Waals surface area (Å²) in [6, 6.07) is 4.80. The SMILES string of the molecule is CC1CN(c2cc(NN)cc([N+](=O)[O-])c2)CCCO1. The molecule has 2 rings (SSSR count). The van der Waals surface area contributed by atoms with Gasteiger partial charge in [0.2, 0.25) is 0 Å². The molecule has 0 spiro atoms. The molecule has 1 aromatic carbocycles. The van der Waals surface area contributed by atoms with Gasteiger partial charge in [0.15, 0.2) is 0 Å². The van der Waals surface area contributed by atoms with E-state index in [0.29, 0.717) is 18.8 Å². The van der Waals surface area contributed by atoms with Gasteiger partial charge in [-0.15, -0.1) is 0 Å². The lowest BCUT2D eigenvalue weighted by molar-refractivity contribution is -0.384. The quantitative estimate of drug-likeness (QED) is 0.489. The number of hydrogen-bond acceptors (Lipinski definition) is 6. The number of anilines is 2. The maximum Gasteiger partial charge on any atom is 0.273 e. The van der Waals surface area contributed by atoms with E-state index in [-0.39, 0.29) is 11.8 Å². The van der Waals surface area contributed by atoms with Gasteiger partial charge in [-0.3, -0.25) is 16.0 Å². The van der Waals surface area contributed by atoms with E-state index in [4.69, 9.17) is 10.6 Å². The normalized spacial score (nSPS) is 19.9. The molecule has 1 saturated heterocycles. The Bertz CT molecular complexity index is 466. The molecule has 0 amide bonds. The first-order valence-corrected chi connectivity index (χ1v) is 6.23. The van der Waals surface area contributed by atoms with Crippen molar-refractivity contribution in [2.75, 3.05) is 30.0 Å². The highest BCUT2D eigenvalue weighted by Gasteiger charge is 2.18. The Hall–Kier alpha value is -1.86. The number of nitrogens with two attached hydrogens (primary N) is 1. The fourth-order valence-electron chi connectivity index (χ4n) is 2.20. The van der Waals surface area contributed by atoms with Crippen molar-refractivity contribution in [2.45, 2.75) is 19.4 Å². The van der Waals surface area contributed by atoms with Gasteiger partial charge in [0.05, 0.1) is 16.7 Å². The molecule has 1 aliphatic heterocycles. The van der Waals surface area contributed by atoms with Crippen LogP contribution in [-0.4, -0.2) is 30.7 Å². The molecule has 1 aliphatic rings. The first-order valence-electron chi connectivity index (χ1n) is 6.23. The highest BCUT2D eigenvalue weighted by molar-refractivity contribution is 5.64. The highest BCUT2D eigenvalue weighted by atomic mass is 16.6. The van der Waals surface area contributed by atoms with Gasteiger partial charge in [-0.05, 0) is 19.4 Å². The van der Waals surface area contributed by atoms with Crippen LogP contribution in [0.2, 0.25) is 0 Å². The number of rotatable bonds is 3. The molecule has 0 aromatic heterocycles. The van der Waals surface area contributed by atoms with Crippen molar-refractivity contribution in [2.24, 2.45) is 5.84 Å². The molecule has 1 atom stereocenters. The third-order valence-electron chi connectivity index (χ3n) is 3.10. The largest absolute Gasteiger partial charge is 0.377 e. The van der Waals surface area contributed by atoms with E-state index in [1.807, 2.05) is 13.0 Å². The van der Waals surface area contributed by atoms with Crippen LogP contribution >= 0.6 is 0 Å². The third kappa shape index (κ3) is 3.33. The Balaban J connectivity index is 2.31. The van der Waals surface area contributed by atoms with Crippen LogP contribution in [-0.2, 0) is 4.74 Å². The minimum absolute atomic E-state index is 0.0308. The Kier molecular flexibility index (Phi) is 4.18. The smallest absolute Gasteiger partial charge is 0.273 e. The van der Waals surface area contributed by atoms with Crippen LogP contribution in [0.3, 0.4) is 0 Å². The fourth-order valence-corrected chi connectivity index (χ4v) is 2.20. The second-order valence-electron chi connectivity index (χ2n) is 4.62. The summed E-state index contributed by atoms with van der Waals surface area (Å²) in [7, 11) is 0. The number of non-ortho nitro benzene ring substituents is 1. The monoisotopic (exact) mass is 266 g/mol. The zero-order chi connectivity index (χ0) is 13.8. The van der Waals surface area contributed by atoms with Crippen molar-refractivity contribution in [3.8, 4) is 0 Å². The summed E-state index contributed by atoms with van der Waals surface area (Å²) >= 11 is 0. The van der Waals surface area contributed by atoms with Crippen molar-refractivity contribution >= 4 is 17.1 Å². The van der Waals surface area contributed by atoms with Gasteiger partial charge in [0, 0.05) is 37.5 Å². The van der Waals surface area contributed by atoms with E-state index in [9.17, 15) is 10.1 Å². The summed E-state index contributed by atoms with van der Waals surface area (Å²) in [4.78, 5) is 12.6. The van der Waals surface area contributed by atoms with Crippen LogP contribution in [0.4, 0.5) is 17.1 Å². The van der Waals surface area contributed by atoms with Crippen LogP contribution in [0.15, 0.2) is 18.2 Å². The molecule has 1 unspecified atom stereocenters. The van der Waals surface area contributed by atoms with Crippen LogP contribution in [0.25, 0.3) is 0 Å². The molecule has 1 aromatic rings. The second kappa shape index (κ2) is 5.85. The van der Waals surface area contributed by atoms with E-state index in [1.54, 1.807) is 6.07 Å². The first-order chi connectivity index (χ1) is 9.10. The van der Waals surface area contributed by atoms with E-state index in [0.717, 1.165) is 18.7 Å². The zero-order valence-corrected chi connectivity index (χ0v) is 10.8. The number of nitrogens with zero attached hydrogens (tertiary/aromatic N) is 2. The number of hydrazine groups is 1. The van der Waals surface area contributed by atoms with Gasteiger partial charge in [-0.2, -0.15) is 0 Å². The minimum Gasteiger partial charge on any atom is -0.377 e. The standard InChI is InChI=1S/C12H18N4O3/c1-9-8-15(3-2-4-19-9)11-5-10(14-13)6-12(7-11)16(17)18/h5-7,9,14H,2-4,8,13H2,1H3. The minimum atomic E-state index is -0.415. The maximum absolute atomic E-state index is 10.9. The zero-order valence-electron chi connectivity index (χ0n) is 10.8. The molecule has 7 heteroatoms. The summed E-state index contributed by atoms with van der Waals surface area (Å²) in [5.41, 5.74) is 3.82. The fraction of sp³-hybridized carbons (Fsp3) is 0.500. The second-order valence-corrected chi connectivity index (χ2v) is 4.62. The van der Waals surface area contributed by atoms with Crippen molar-refractivity contribution in [3.05, 3.63) is 28.3 Å². The molecular weight excluding hydrogens is 248 g/mol. The summed E-state index contributed by atoms with van der Waals surface area (Å²) in [5, 5.41) is 10.9. The Morgan fingerprint density at radius 3 is 3.00 bits per heavy atom. The molecule has 0 aliphatic carbocycles. The van der Waals surface area contributed by atoms with Crippen LogP contribution in [0.5, 0.6) is 0 Å². The number of nitrogen functional groups attached to an aromatic ring is 1. The van der Waals surface area contributed by atoms with Gasteiger partial charge >= 0.3 is 0 Å². The van der Waals surface area contributed by atoms with E-state index in [1.165, 1.54) is 6.07 Å². The number of ether oxygens (including phenoxy) is 1. The lowest BCUT2D eigenvalue weighted by Crippen LogP contribution is -2.30. The van der Waals surface area contributed by atoms with Crippen molar-refractivity contribution in [1.82, 2.24) is 0 Å². The Morgan fingerprint density at radius 1 is 1.53 bits per heavy atom. The molecular formula is C12H18N4O3. The topological polar surface area (TPSA) is 93.7 Å². The van der Waals surface area contributed by atoms with Gasteiger partial charge in [0.1, 0.15) is 0 Å². The van der Waals surface area contributed by atoms with Crippen molar-refractivity contribution in [1.29, 1.82) is 0 Å². The number of benzene rings is 1. The number of hydrogen-bond donors (Lipinski definition) is 2. The molecule has 104 valence electrons. The third-order valence-corrected chi connectivity index (χ3v) is 3.10. The average Bonchev–Trinajstić information content (AvgIpc) is 2.62. The van der Waals surface area contributed by atoms with Crippen LogP contribution < -0.4 is 16.2 Å². The molecule has 1 fully saturated rings. The van der Waals surface area contributed by atoms with E-state index in [2.05, 4.69) is 10.3 Å². The molecule has 1 heterocycles. The van der Waals surface area contributed by atoms with Crippen molar-refractivity contribution in [3.63, 3.8) is 0 Å². The van der Waals surface area contributed by atoms with Crippen LogP contribution in [0, 0.1) is 10.1 Å². The molecule has 3 N–H and O–H groups in total. The Morgan fingerprint density at radius 2 is 2.32 bits per heavy atom. The lowest BCUT2D eigenvalue weighted by Gasteiger charge is -2.24. The van der Waals surface area contributed by atoms with Gasteiger partial charge in [0.25, 0.3) is 5.69 Å². The predicted octanol–water partition coefficient (Wildman–Crippen LogP) is 1.50. The van der Waals surface area contributed by atoms with E-state index < -0.39 is 4.92 Å². The summed E-state index contributed by atoms with van der Waals surface area (Å²) in [6.45, 7) is 4.24. The molecule has 0 radical (unpaired) electrons. The summed E-state index contributed by atoms with van der Waals surface area (Å²) in [5.74, 6) is 5.36. The molecule has 19 heavy (non-hydrogen) atoms. The van der Waals surface area contributed by atoms with Crippen molar-refractivity contribution < 1.29 is 9.66 Å². The molecule has 7 nitrogen and oxygen atoms in total. The molecule has 0 bridgehead atoms. The summed E-state index contributed by atoms with van der Waals surface area (Å²) < 4.78 is 5.57. The van der Waals surface area contributed by atoms with E-state index >= 15 is 0 Å². The summed E-state index contributed by atoms with van der Waals surface area (Å²) in [6.07, 6.45) is 1.01. The van der Waals surface area contributed by atoms with Crippen LogP contribution in [0.1, 0.15) is 13.3 Å². The molecule has 0 saturated carbocycles. The number of nitro groups is 1. The predicted molar refractivity (Wildman–Crippen MR) is 73.2 cm³/mol. The Labute approximate surface area is 111 Å². The highest BCUT2D eigenvalue weighted by Crippen LogP contribution is 2.27. The number of nitrogens with one attached hydrogen (secondary N) is 1. The van der Waals surface area contributed by atoms with Gasteiger partial charge in [-0.1, -0.05) is 0 Å². The lowest BCUT2D eigenvalue weighted by atomic mass is 10.2. The van der Waals surface area contributed by atoms with Gasteiger partial charge in [-0.25, -0.2) is 0 Å². The maximum atomic E-state index is 10.9. The first kappa shape index (κ1) is 13.6. The average molecular weight is 266 g/mol. The number of nitro benzene ring substituents is 1. The van der Waals surface area contributed by atoms with Gasteiger partial charge < -0.3 is 15.1 Å².